The van der Waals surface area contributed by atoms with E-state index in [-0.39, 0.29) is 30.2 Å². The molecule has 0 saturated carbocycles. The molecule has 144 valence electrons. The lowest BCUT2D eigenvalue weighted by atomic mass is 9.87. The van der Waals surface area contributed by atoms with Crippen molar-refractivity contribution in [3.8, 4) is 0 Å². The Morgan fingerprint density at radius 2 is 1.56 bits per heavy atom. The van der Waals surface area contributed by atoms with E-state index in [0.29, 0.717) is 5.69 Å². The van der Waals surface area contributed by atoms with Gasteiger partial charge in [0.25, 0.3) is 0 Å². The highest BCUT2D eigenvalue weighted by atomic mass is 16.2. The minimum Gasteiger partial charge on any atom is -0.378 e. The zero-order valence-corrected chi connectivity index (χ0v) is 16.7. The van der Waals surface area contributed by atoms with Gasteiger partial charge >= 0.3 is 0 Å². The molecular formula is C22H29N3O2. The molecule has 0 aliphatic heterocycles. The molecule has 0 heterocycles. The van der Waals surface area contributed by atoms with Crippen LogP contribution >= 0.6 is 0 Å². The lowest BCUT2D eigenvalue weighted by Gasteiger charge is -2.21. The summed E-state index contributed by atoms with van der Waals surface area (Å²) < 4.78 is 0. The fourth-order valence-electron chi connectivity index (χ4n) is 2.94. The minimum atomic E-state index is -0.280. The van der Waals surface area contributed by atoms with Gasteiger partial charge in [-0.05, 0) is 42.7 Å². The maximum Gasteiger partial charge on any atom is 0.243 e. The first-order valence-corrected chi connectivity index (χ1v) is 9.19. The molecule has 27 heavy (non-hydrogen) atoms. The van der Waals surface area contributed by atoms with Crippen molar-refractivity contribution in [1.29, 1.82) is 0 Å². The molecule has 2 aromatic rings. The van der Waals surface area contributed by atoms with Crippen molar-refractivity contribution in [2.45, 2.75) is 26.7 Å². The molecule has 5 heteroatoms. The Morgan fingerprint density at radius 3 is 2.07 bits per heavy atom. The van der Waals surface area contributed by atoms with Crippen LogP contribution in [0.4, 0.5) is 11.4 Å². The number of anilines is 2. The van der Waals surface area contributed by atoms with Crippen molar-refractivity contribution in [2.75, 3.05) is 30.9 Å². The van der Waals surface area contributed by atoms with Crippen LogP contribution in [0.1, 0.15) is 30.9 Å². The number of hydrogen-bond donors (Lipinski definition) is 2. The zero-order valence-electron chi connectivity index (χ0n) is 16.7. The summed E-state index contributed by atoms with van der Waals surface area (Å²) in [5.74, 6) is -0.522. The van der Waals surface area contributed by atoms with Gasteiger partial charge in [0.05, 0.1) is 12.5 Å². The average molecular weight is 367 g/mol. The summed E-state index contributed by atoms with van der Waals surface area (Å²) in [5, 5.41) is 5.57. The Kier molecular flexibility index (Phi) is 6.99. The van der Waals surface area contributed by atoms with E-state index in [4.69, 9.17) is 0 Å². The van der Waals surface area contributed by atoms with Gasteiger partial charge in [-0.15, -0.1) is 0 Å². The standard InChI is InChI=1S/C22H29N3O2/c1-15(2)21(17-8-6-16(3)7-9-17)22(27)23-14-20(26)24-18-10-12-19(13-11-18)25(4)5/h6-13,15,21H,14H2,1-5H3,(H,23,27)(H,24,26). The van der Waals surface area contributed by atoms with E-state index in [1.807, 2.05) is 88.3 Å². The zero-order chi connectivity index (χ0) is 20.0. The third-order valence-electron chi connectivity index (χ3n) is 4.48. The number of nitrogens with zero attached hydrogens (tertiary/aromatic N) is 1. The molecule has 0 saturated heterocycles. The predicted molar refractivity (Wildman–Crippen MR) is 111 cm³/mol. The van der Waals surface area contributed by atoms with E-state index in [0.717, 1.165) is 16.8 Å². The van der Waals surface area contributed by atoms with Gasteiger partial charge in [0.1, 0.15) is 0 Å². The summed E-state index contributed by atoms with van der Waals surface area (Å²) in [6.45, 7) is 5.99. The molecule has 0 aromatic heterocycles. The van der Waals surface area contributed by atoms with Crippen LogP contribution in [0.25, 0.3) is 0 Å². The highest BCUT2D eigenvalue weighted by Gasteiger charge is 2.24. The molecule has 2 N–H and O–H groups in total. The first kappa shape index (κ1) is 20.5. The van der Waals surface area contributed by atoms with Gasteiger partial charge in [-0.1, -0.05) is 43.7 Å². The van der Waals surface area contributed by atoms with Crippen LogP contribution in [0.5, 0.6) is 0 Å². The smallest absolute Gasteiger partial charge is 0.243 e. The fourth-order valence-corrected chi connectivity index (χ4v) is 2.94. The normalized spacial score (nSPS) is 11.8. The van der Waals surface area contributed by atoms with E-state index >= 15 is 0 Å². The van der Waals surface area contributed by atoms with E-state index in [1.165, 1.54) is 0 Å². The second kappa shape index (κ2) is 9.21. The molecule has 5 nitrogen and oxygen atoms in total. The van der Waals surface area contributed by atoms with Crippen molar-refractivity contribution in [1.82, 2.24) is 5.32 Å². The number of rotatable bonds is 7. The number of nitrogens with one attached hydrogen (secondary N) is 2. The lowest BCUT2D eigenvalue weighted by molar-refractivity contribution is -0.126. The van der Waals surface area contributed by atoms with Crippen LogP contribution < -0.4 is 15.5 Å². The van der Waals surface area contributed by atoms with Crippen LogP contribution in [0, 0.1) is 12.8 Å². The van der Waals surface area contributed by atoms with Crippen LogP contribution in [0.2, 0.25) is 0 Å². The quantitative estimate of drug-likeness (QED) is 0.787. The average Bonchev–Trinajstić information content (AvgIpc) is 2.62. The summed E-state index contributed by atoms with van der Waals surface area (Å²) in [6, 6.07) is 15.5. The van der Waals surface area contributed by atoms with Crippen molar-refractivity contribution >= 4 is 23.2 Å². The monoisotopic (exact) mass is 367 g/mol. The number of benzene rings is 2. The van der Waals surface area contributed by atoms with Crippen LogP contribution in [-0.4, -0.2) is 32.5 Å². The van der Waals surface area contributed by atoms with Crippen molar-refractivity contribution in [2.24, 2.45) is 5.92 Å². The summed E-state index contributed by atoms with van der Waals surface area (Å²) in [5.41, 5.74) is 3.88. The van der Waals surface area contributed by atoms with Crippen LogP contribution in [-0.2, 0) is 9.59 Å². The van der Waals surface area contributed by atoms with E-state index in [2.05, 4.69) is 10.6 Å². The van der Waals surface area contributed by atoms with E-state index in [1.54, 1.807) is 0 Å². The summed E-state index contributed by atoms with van der Waals surface area (Å²) >= 11 is 0. The summed E-state index contributed by atoms with van der Waals surface area (Å²) in [7, 11) is 3.92. The molecule has 0 aliphatic carbocycles. The second-order valence-corrected chi connectivity index (χ2v) is 7.34. The third-order valence-corrected chi connectivity index (χ3v) is 4.48. The molecule has 2 amide bonds. The molecule has 0 bridgehead atoms. The van der Waals surface area contributed by atoms with E-state index < -0.39 is 0 Å². The van der Waals surface area contributed by atoms with Gasteiger partial charge in [-0.2, -0.15) is 0 Å². The van der Waals surface area contributed by atoms with E-state index in [9.17, 15) is 9.59 Å². The van der Waals surface area contributed by atoms with Crippen molar-refractivity contribution in [3.05, 3.63) is 59.7 Å². The molecule has 0 spiro atoms. The molecule has 0 aliphatic rings. The summed E-state index contributed by atoms with van der Waals surface area (Å²) in [4.78, 5) is 26.8. The molecule has 1 atom stereocenters. The maximum atomic E-state index is 12.6. The number of carbonyl (C=O) groups is 2. The fraction of sp³-hybridized carbons (Fsp3) is 0.364. The van der Waals surface area contributed by atoms with Gasteiger partial charge in [-0.3, -0.25) is 9.59 Å². The van der Waals surface area contributed by atoms with Gasteiger partial charge in [0.15, 0.2) is 0 Å². The Morgan fingerprint density at radius 1 is 0.963 bits per heavy atom. The topological polar surface area (TPSA) is 61.4 Å². The van der Waals surface area contributed by atoms with Crippen molar-refractivity contribution in [3.63, 3.8) is 0 Å². The lowest BCUT2D eigenvalue weighted by Crippen LogP contribution is -2.37. The Bertz CT molecular complexity index is 765. The molecule has 1 unspecified atom stereocenters. The largest absolute Gasteiger partial charge is 0.378 e. The maximum absolute atomic E-state index is 12.6. The number of amides is 2. The van der Waals surface area contributed by atoms with Gasteiger partial charge in [-0.25, -0.2) is 0 Å². The van der Waals surface area contributed by atoms with Crippen molar-refractivity contribution < 1.29 is 9.59 Å². The molecular weight excluding hydrogens is 338 g/mol. The minimum absolute atomic E-state index is 0.0522. The van der Waals surface area contributed by atoms with Gasteiger partial charge in [0, 0.05) is 25.5 Å². The molecule has 0 fully saturated rings. The molecule has 2 aromatic carbocycles. The number of carbonyl (C=O) groups excluding carboxylic acids is 2. The highest BCUT2D eigenvalue weighted by molar-refractivity contribution is 5.95. The Hall–Kier alpha value is -2.82. The number of hydrogen-bond acceptors (Lipinski definition) is 3. The Labute approximate surface area is 161 Å². The number of aryl methyl sites for hydroxylation is 1. The predicted octanol–water partition coefficient (Wildman–Crippen LogP) is 3.56. The molecule has 2 rings (SSSR count). The first-order chi connectivity index (χ1) is 12.8. The SMILES string of the molecule is Cc1ccc(C(C(=O)NCC(=O)Nc2ccc(N(C)C)cc2)C(C)C)cc1. The van der Waals surface area contributed by atoms with Gasteiger partial charge in [0.2, 0.25) is 11.8 Å². The Balaban J connectivity index is 1.94. The second-order valence-electron chi connectivity index (χ2n) is 7.34. The highest BCUT2D eigenvalue weighted by Crippen LogP contribution is 2.25. The summed E-state index contributed by atoms with van der Waals surface area (Å²) in [6.07, 6.45) is 0. The van der Waals surface area contributed by atoms with Crippen LogP contribution in [0.3, 0.4) is 0 Å². The first-order valence-electron chi connectivity index (χ1n) is 9.19. The molecule has 0 radical (unpaired) electrons. The van der Waals surface area contributed by atoms with Crippen LogP contribution in [0.15, 0.2) is 48.5 Å². The third kappa shape index (κ3) is 5.84. The van der Waals surface area contributed by atoms with Gasteiger partial charge < -0.3 is 15.5 Å².